The largest absolute Gasteiger partial charge is 0.349 e. The van der Waals surface area contributed by atoms with Crippen molar-refractivity contribution in [2.24, 2.45) is 0 Å². The van der Waals surface area contributed by atoms with Crippen molar-refractivity contribution >= 4 is 37.5 Å². The zero-order valence-electron chi connectivity index (χ0n) is 13.5. The fraction of sp³-hybridized carbons (Fsp3) is 0.278. The van der Waals surface area contributed by atoms with Crippen LogP contribution in [0.1, 0.15) is 36.0 Å². The van der Waals surface area contributed by atoms with Crippen molar-refractivity contribution in [2.75, 3.05) is 4.72 Å². The average Bonchev–Trinajstić information content (AvgIpc) is 3.10. The van der Waals surface area contributed by atoms with Crippen molar-refractivity contribution < 1.29 is 13.2 Å². The van der Waals surface area contributed by atoms with Gasteiger partial charge in [0.1, 0.15) is 0 Å². The van der Waals surface area contributed by atoms with Gasteiger partial charge in [-0.25, -0.2) is 8.42 Å². The Hall–Kier alpha value is -1.86. The van der Waals surface area contributed by atoms with Crippen LogP contribution in [-0.4, -0.2) is 20.4 Å². The number of hydrogen-bond donors (Lipinski definition) is 2. The van der Waals surface area contributed by atoms with E-state index in [-0.39, 0.29) is 16.8 Å². The van der Waals surface area contributed by atoms with E-state index in [1.54, 1.807) is 36.4 Å². The van der Waals surface area contributed by atoms with Crippen LogP contribution in [0, 0.1) is 0 Å². The monoisotopic (exact) mass is 422 g/mol. The Bertz CT molecular complexity index is 860. The number of hydrogen-bond acceptors (Lipinski definition) is 3. The van der Waals surface area contributed by atoms with Gasteiger partial charge in [-0.1, -0.05) is 34.8 Å². The zero-order chi connectivity index (χ0) is 17.9. The molecule has 1 amide bonds. The molecule has 0 atom stereocenters. The summed E-state index contributed by atoms with van der Waals surface area (Å²) >= 11 is 3.31. The molecule has 0 unspecified atom stereocenters. The van der Waals surface area contributed by atoms with Gasteiger partial charge in [-0.2, -0.15) is 0 Å². The van der Waals surface area contributed by atoms with Crippen LogP contribution >= 0.6 is 15.9 Å². The number of carbonyl (C=O) groups is 1. The number of benzene rings is 2. The molecule has 25 heavy (non-hydrogen) atoms. The fourth-order valence-corrected chi connectivity index (χ4v) is 4.24. The van der Waals surface area contributed by atoms with E-state index in [2.05, 4.69) is 26.0 Å². The number of carbonyl (C=O) groups excluding carboxylic acids is 1. The van der Waals surface area contributed by atoms with Crippen molar-refractivity contribution in [2.45, 2.75) is 36.6 Å². The molecule has 1 aliphatic carbocycles. The third-order valence-electron chi connectivity index (χ3n) is 4.19. The van der Waals surface area contributed by atoms with Gasteiger partial charge in [0.15, 0.2) is 0 Å². The Balaban J connectivity index is 1.77. The molecule has 2 N–H and O–H groups in total. The molecule has 0 aliphatic heterocycles. The molecule has 0 aromatic heterocycles. The third-order valence-corrected chi connectivity index (χ3v) is 6.10. The van der Waals surface area contributed by atoms with E-state index in [1.165, 1.54) is 12.1 Å². The van der Waals surface area contributed by atoms with Crippen LogP contribution in [0.3, 0.4) is 0 Å². The summed E-state index contributed by atoms with van der Waals surface area (Å²) in [6.07, 6.45) is 4.21. The average molecular weight is 423 g/mol. The maximum absolute atomic E-state index is 12.6. The number of nitrogens with one attached hydrogen (secondary N) is 2. The smallest absolute Gasteiger partial charge is 0.261 e. The highest BCUT2D eigenvalue weighted by molar-refractivity contribution is 9.10. The molecule has 1 saturated carbocycles. The van der Waals surface area contributed by atoms with Crippen molar-refractivity contribution in [3.63, 3.8) is 0 Å². The highest BCUT2D eigenvalue weighted by Crippen LogP contribution is 2.21. The Morgan fingerprint density at radius 2 is 1.72 bits per heavy atom. The molecular formula is C18H19BrN2O3S. The van der Waals surface area contributed by atoms with Crippen molar-refractivity contribution in [1.82, 2.24) is 5.32 Å². The molecule has 0 spiro atoms. The van der Waals surface area contributed by atoms with Crippen LogP contribution in [0.2, 0.25) is 0 Å². The van der Waals surface area contributed by atoms with E-state index in [4.69, 9.17) is 0 Å². The summed E-state index contributed by atoms with van der Waals surface area (Å²) < 4.78 is 28.5. The lowest BCUT2D eigenvalue weighted by Crippen LogP contribution is -2.32. The van der Waals surface area contributed by atoms with Crippen molar-refractivity contribution in [1.29, 1.82) is 0 Å². The van der Waals surface area contributed by atoms with Crippen LogP contribution in [0.5, 0.6) is 0 Å². The minimum Gasteiger partial charge on any atom is -0.349 e. The van der Waals surface area contributed by atoms with Gasteiger partial charge in [0.25, 0.3) is 15.9 Å². The summed E-state index contributed by atoms with van der Waals surface area (Å²) in [5, 5.41) is 2.97. The maximum atomic E-state index is 12.6. The van der Waals surface area contributed by atoms with Crippen molar-refractivity contribution in [3.8, 4) is 0 Å². The topological polar surface area (TPSA) is 75.3 Å². The molecule has 1 aliphatic rings. The summed E-state index contributed by atoms with van der Waals surface area (Å²) in [5.74, 6) is -0.229. The third kappa shape index (κ3) is 4.61. The maximum Gasteiger partial charge on any atom is 0.261 e. The predicted octanol–water partition coefficient (Wildman–Crippen LogP) is 3.92. The normalized spacial score (nSPS) is 15.1. The van der Waals surface area contributed by atoms with E-state index in [9.17, 15) is 13.2 Å². The van der Waals surface area contributed by atoms with Gasteiger partial charge in [0.2, 0.25) is 0 Å². The molecule has 0 saturated heterocycles. The summed E-state index contributed by atoms with van der Waals surface area (Å²) in [6.45, 7) is 0. The quantitative estimate of drug-likeness (QED) is 0.766. The highest BCUT2D eigenvalue weighted by Gasteiger charge is 2.20. The Labute approximate surface area is 156 Å². The first kappa shape index (κ1) is 17.9. The first-order valence-corrected chi connectivity index (χ1v) is 10.4. The van der Waals surface area contributed by atoms with Gasteiger partial charge in [-0.05, 0) is 55.3 Å². The first-order chi connectivity index (χ1) is 11.9. The number of anilines is 1. The molecule has 0 heterocycles. The minimum atomic E-state index is -3.75. The van der Waals surface area contributed by atoms with E-state index in [1.807, 2.05) is 0 Å². The highest BCUT2D eigenvalue weighted by atomic mass is 79.9. The van der Waals surface area contributed by atoms with Crippen LogP contribution in [-0.2, 0) is 10.0 Å². The summed E-state index contributed by atoms with van der Waals surface area (Å²) in [5.41, 5.74) is 0.814. The second-order valence-corrected chi connectivity index (χ2v) is 8.69. The molecule has 5 nitrogen and oxygen atoms in total. The molecule has 2 aromatic carbocycles. The van der Waals surface area contributed by atoms with Crippen LogP contribution in [0.15, 0.2) is 57.9 Å². The lowest BCUT2D eigenvalue weighted by Gasteiger charge is -2.13. The summed E-state index contributed by atoms with van der Waals surface area (Å²) in [6, 6.07) is 13.1. The molecule has 7 heteroatoms. The SMILES string of the molecule is O=C(NC1CCCC1)c1cccc(S(=O)(=O)Nc2ccc(Br)cc2)c1. The fourth-order valence-electron chi connectivity index (χ4n) is 2.88. The van der Waals surface area contributed by atoms with Gasteiger partial charge >= 0.3 is 0 Å². The molecule has 2 aromatic rings. The number of halogens is 1. The molecule has 0 bridgehead atoms. The Kier molecular flexibility index (Phi) is 5.44. The van der Waals surface area contributed by atoms with E-state index < -0.39 is 10.0 Å². The van der Waals surface area contributed by atoms with E-state index in [0.717, 1.165) is 30.2 Å². The first-order valence-electron chi connectivity index (χ1n) is 8.13. The Morgan fingerprint density at radius 1 is 1.04 bits per heavy atom. The van der Waals surface area contributed by atoms with Crippen LogP contribution < -0.4 is 10.0 Å². The standard InChI is InChI=1S/C18H19BrN2O3S/c19-14-8-10-16(11-9-14)21-25(23,24)17-7-3-4-13(12-17)18(22)20-15-5-1-2-6-15/h3-4,7-12,15,21H,1-2,5-6H2,(H,20,22). The van der Waals surface area contributed by atoms with Gasteiger partial charge in [-0.15, -0.1) is 0 Å². The van der Waals surface area contributed by atoms with Crippen LogP contribution in [0.4, 0.5) is 5.69 Å². The summed E-state index contributed by atoms with van der Waals surface area (Å²) in [4.78, 5) is 12.4. The lowest BCUT2D eigenvalue weighted by atomic mass is 10.2. The van der Waals surface area contributed by atoms with E-state index in [0.29, 0.717) is 11.3 Å². The number of sulfonamides is 1. The zero-order valence-corrected chi connectivity index (χ0v) is 15.9. The molecule has 132 valence electrons. The lowest BCUT2D eigenvalue weighted by molar-refractivity contribution is 0.0937. The number of amides is 1. The molecule has 0 radical (unpaired) electrons. The second kappa shape index (κ2) is 7.58. The second-order valence-electron chi connectivity index (χ2n) is 6.10. The van der Waals surface area contributed by atoms with Gasteiger partial charge in [0.05, 0.1) is 4.90 Å². The van der Waals surface area contributed by atoms with Gasteiger partial charge in [-0.3, -0.25) is 9.52 Å². The predicted molar refractivity (Wildman–Crippen MR) is 101 cm³/mol. The Morgan fingerprint density at radius 3 is 2.40 bits per heavy atom. The molecule has 1 fully saturated rings. The minimum absolute atomic E-state index is 0.0643. The van der Waals surface area contributed by atoms with Gasteiger partial charge < -0.3 is 5.32 Å². The van der Waals surface area contributed by atoms with Crippen molar-refractivity contribution in [3.05, 3.63) is 58.6 Å². The molecular weight excluding hydrogens is 404 g/mol. The van der Waals surface area contributed by atoms with E-state index >= 15 is 0 Å². The van der Waals surface area contributed by atoms with Gasteiger partial charge in [0, 0.05) is 21.8 Å². The summed E-state index contributed by atoms with van der Waals surface area (Å²) in [7, 11) is -3.75. The number of rotatable bonds is 5. The molecule has 3 rings (SSSR count). The van der Waals surface area contributed by atoms with Crippen LogP contribution in [0.25, 0.3) is 0 Å².